The highest BCUT2D eigenvalue weighted by Crippen LogP contribution is 2.35. The van der Waals surface area contributed by atoms with Gasteiger partial charge in [-0.2, -0.15) is 0 Å². The Labute approximate surface area is 137 Å². The molecule has 1 saturated heterocycles. The summed E-state index contributed by atoms with van der Waals surface area (Å²) in [6.07, 6.45) is 2.89. The molecular formula is C20H24FNO. The van der Waals surface area contributed by atoms with Crippen molar-refractivity contribution in [3.63, 3.8) is 0 Å². The second kappa shape index (κ2) is 7.24. The number of rotatable bonds is 5. The molecule has 1 N–H and O–H groups in total. The summed E-state index contributed by atoms with van der Waals surface area (Å²) >= 11 is 0. The number of halogens is 1. The van der Waals surface area contributed by atoms with E-state index in [0.29, 0.717) is 0 Å². The van der Waals surface area contributed by atoms with Crippen molar-refractivity contribution in [3.8, 4) is 0 Å². The maximum absolute atomic E-state index is 13.3. The summed E-state index contributed by atoms with van der Waals surface area (Å²) in [5, 5.41) is 9.95. The molecule has 23 heavy (non-hydrogen) atoms. The largest absolute Gasteiger partial charge is 0.396 e. The van der Waals surface area contributed by atoms with Crippen molar-refractivity contribution in [2.75, 3.05) is 19.7 Å². The molecule has 0 atom stereocenters. The molecule has 0 radical (unpaired) electrons. The summed E-state index contributed by atoms with van der Waals surface area (Å²) in [4.78, 5) is 2.35. The molecule has 0 unspecified atom stereocenters. The Bertz CT molecular complexity index is 621. The van der Waals surface area contributed by atoms with Crippen molar-refractivity contribution in [2.45, 2.75) is 25.8 Å². The molecule has 1 aliphatic heterocycles. The third-order valence-corrected chi connectivity index (χ3v) is 4.97. The van der Waals surface area contributed by atoms with Gasteiger partial charge in [-0.25, -0.2) is 4.39 Å². The summed E-state index contributed by atoms with van der Waals surface area (Å²) in [6.45, 7) is 2.91. The zero-order valence-electron chi connectivity index (χ0n) is 13.4. The average Bonchev–Trinajstić information content (AvgIpc) is 2.58. The van der Waals surface area contributed by atoms with E-state index in [1.54, 1.807) is 12.1 Å². The van der Waals surface area contributed by atoms with E-state index in [1.807, 2.05) is 12.1 Å². The average molecular weight is 313 g/mol. The Hall–Kier alpha value is -1.71. The van der Waals surface area contributed by atoms with Crippen molar-refractivity contribution in [1.82, 2.24) is 4.90 Å². The van der Waals surface area contributed by atoms with Gasteiger partial charge in [-0.1, -0.05) is 42.5 Å². The van der Waals surface area contributed by atoms with Crippen LogP contribution in [-0.2, 0) is 13.0 Å². The van der Waals surface area contributed by atoms with Crippen LogP contribution in [0.15, 0.2) is 54.6 Å². The molecule has 0 aliphatic carbocycles. The molecule has 122 valence electrons. The van der Waals surface area contributed by atoms with E-state index < -0.39 is 0 Å². The molecule has 0 amide bonds. The van der Waals surface area contributed by atoms with Crippen LogP contribution in [0.3, 0.4) is 0 Å². The lowest BCUT2D eigenvalue weighted by Gasteiger charge is -2.41. The molecule has 2 nitrogen and oxygen atoms in total. The lowest BCUT2D eigenvalue weighted by Crippen LogP contribution is -2.42. The first kappa shape index (κ1) is 16.2. The molecule has 0 spiro atoms. The minimum Gasteiger partial charge on any atom is -0.396 e. The van der Waals surface area contributed by atoms with Crippen LogP contribution in [0.5, 0.6) is 0 Å². The van der Waals surface area contributed by atoms with E-state index in [1.165, 1.54) is 11.6 Å². The van der Waals surface area contributed by atoms with Crippen molar-refractivity contribution >= 4 is 0 Å². The molecule has 0 bridgehead atoms. The standard InChI is InChI=1S/C20H24FNO/c21-19-8-4-7-18(13-19)15-22-11-9-20(16-23,10-12-22)14-17-5-2-1-3-6-17/h1-8,13,23H,9-12,14-16H2. The van der Waals surface area contributed by atoms with Crippen molar-refractivity contribution < 1.29 is 9.50 Å². The predicted octanol–water partition coefficient (Wildman–Crippen LogP) is 3.64. The van der Waals surface area contributed by atoms with Gasteiger partial charge >= 0.3 is 0 Å². The fraction of sp³-hybridized carbons (Fsp3) is 0.400. The smallest absolute Gasteiger partial charge is 0.123 e. The number of aliphatic hydroxyl groups excluding tert-OH is 1. The summed E-state index contributed by atoms with van der Waals surface area (Å²) in [7, 11) is 0. The number of piperidine rings is 1. The van der Waals surface area contributed by atoms with E-state index in [-0.39, 0.29) is 17.8 Å². The van der Waals surface area contributed by atoms with Crippen LogP contribution in [-0.4, -0.2) is 29.7 Å². The van der Waals surface area contributed by atoms with Crippen molar-refractivity contribution in [3.05, 3.63) is 71.5 Å². The van der Waals surface area contributed by atoms with Gasteiger partial charge in [0.1, 0.15) is 5.82 Å². The molecule has 2 aromatic rings. The van der Waals surface area contributed by atoms with Crippen LogP contribution >= 0.6 is 0 Å². The SMILES string of the molecule is OCC1(Cc2ccccc2)CCN(Cc2cccc(F)c2)CC1. The first-order valence-electron chi connectivity index (χ1n) is 8.31. The summed E-state index contributed by atoms with van der Waals surface area (Å²) in [5.74, 6) is -0.173. The minimum atomic E-state index is -0.173. The molecule has 1 fully saturated rings. The van der Waals surface area contributed by atoms with Gasteiger partial charge in [-0.3, -0.25) is 4.90 Å². The topological polar surface area (TPSA) is 23.5 Å². The lowest BCUT2D eigenvalue weighted by atomic mass is 9.74. The number of benzene rings is 2. The van der Waals surface area contributed by atoms with Gasteiger partial charge in [0.05, 0.1) is 0 Å². The van der Waals surface area contributed by atoms with Gasteiger partial charge in [0.25, 0.3) is 0 Å². The monoisotopic (exact) mass is 313 g/mol. The maximum Gasteiger partial charge on any atom is 0.123 e. The molecule has 2 aromatic carbocycles. The lowest BCUT2D eigenvalue weighted by molar-refractivity contribution is 0.0413. The fourth-order valence-corrected chi connectivity index (χ4v) is 3.50. The van der Waals surface area contributed by atoms with Gasteiger partial charge < -0.3 is 5.11 Å². The third kappa shape index (κ3) is 4.18. The molecule has 1 aliphatic rings. The van der Waals surface area contributed by atoms with E-state index in [2.05, 4.69) is 29.2 Å². The summed E-state index contributed by atoms with van der Waals surface area (Å²) in [6, 6.07) is 17.2. The third-order valence-electron chi connectivity index (χ3n) is 4.97. The number of likely N-dealkylation sites (tertiary alicyclic amines) is 1. The maximum atomic E-state index is 13.3. The van der Waals surface area contributed by atoms with E-state index in [0.717, 1.165) is 44.5 Å². The second-order valence-electron chi connectivity index (χ2n) is 6.73. The van der Waals surface area contributed by atoms with Gasteiger partial charge in [0, 0.05) is 13.2 Å². The van der Waals surface area contributed by atoms with Crippen LogP contribution in [0, 0.1) is 11.2 Å². The van der Waals surface area contributed by atoms with Crippen molar-refractivity contribution in [1.29, 1.82) is 0 Å². The molecule has 1 heterocycles. The van der Waals surface area contributed by atoms with Gasteiger partial charge in [-0.05, 0) is 61.0 Å². The van der Waals surface area contributed by atoms with E-state index >= 15 is 0 Å². The van der Waals surface area contributed by atoms with Gasteiger partial charge in [0.15, 0.2) is 0 Å². The van der Waals surface area contributed by atoms with Gasteiger partial charge in [-0.15, -0.1) is 0 Å². The van der Waals surface area contributed by atoms with Crippen LogP contribution in [0.2, 0.25) is 0 Å². The Kier molecular flexibility index (Phi) is 5.09. The number of hydrogen-bond donors (Lipinski definition) is 1. The first-order chi connectivity index (χ1) is 11.2. The Morgan fingerprint density at radius 3 is 2.30 bits per heavy atom. The predicted molar refractivity (Wildman–Crippen MR) is 90.6 cm³/mol. The van der Waals surface area contributed by atoms with Crippen LogP contribution in [0.25, 0.3) is 0 Å². The van der Waals surface area contributed by atoms with E-state index in [9.17, 15) is 9.50 Å². The highest BCUT2D eigenvalue weighted by Gasteiger charge is 2.34. The first-order valence-corrected chi connectivity index (χ1v) is 8.31. The second-order valence-corrected chi connectivity index (χ2v) is 6.73. The van der Waals surface area contributed by atoms with Crippen LogP contribution < -0.4 is 0 Å². The number of nitrogens with zero attached hydrogens (tertiary/aromatic N) is 1. The minimum absolute atomic E-state index is 0.0141. The number of aliphatic hydroxyl groups is 1. The van der Waals surface area contributed by atoms with Crippen LogP contribution in [0.1, 0.15) is 24.0 Å². The highest BCUT2D eigenvalue weighted by atomic mass is 19.1. The zero-order chi connectivity index (χ0) is 16.1. The molecule has 3 heteroatoms. The summed E-state index contributed by atoms with van der Waals surface area (Å²) in [5.41, 5.74) is 2.30. The molecule has 0 saturated carbocycles. The molecule has 0 aromatic heterocycles. The van der Waals surface area contributed by atoms with Crippen LogP contribution in [0.4, 0.5) is 4.39 Å². The Morgan fingerprint density at radius 2 is 1.65 bits per heavy atom. The normalized spacial score (nSPS) is 18.0. The van der Waals surface area contributed by atoms with Gasteiger partial charge in [0.2, 0.25) is 0 Å². The van der Waals surface area contributed by atoms with E-state index in [4.69, 9.17) is 0 Å². The Balaban J connectivity index is 1.59. The Morgan fingerprint density at radius 1 is 0.957 bits per heavy atom. The van der Waals surface area contributed by atoms with Crippen molar-refractivity contribution in [2.24, 2.45) is 5.41 Å². The fourth-order valence-electron chi connectivity index (χ4n) is 3.50. The molecular weight excluding hydrogens is 289 g/mol. The highest BCUT2D eigenvalue weighted by molar-refractivity contribution is 5.18. The number of hydrogen-bond acceptors (Lipinski definition) is 2. The quantitative estimate of drug-likeness (QED) is 0.911. The summed E-state index contributed by atoms with van der Waals surface area (Å²) < 4.78 is 13.3. The zero-order valence-corrected chi connectivity index (χ0v) is 13.4. The molecule has 3 rings (SSSR count).